The minimum Gasteiger partial charge on any atom is -0.419 e. The molecule has 0 amide bonds. The van der Waals surface area contributed by atoms with Gasteiger partial charge in [0, 0.05) is 31.7 Å². The molecule has 0 N–H and O–H groups in total. The van der Waals surface area contributed by atoms with Gasteiger partial charge in [0.25, 0.3) is 0 Å². The molecule has 9 heteroatoms. The van der Waals surface area contributed by atoms with Crippen molar-refractivity contribution in [3.8, 4) is 17.5 Å². The third-order valence-corrected chi connectivity index (χ3v) is 6.73. The number of morpholine rings is 1. The number of rotatable bonds is 4. The van der Waals surface area contributed by atoms with Gasteiger partial charge in [0.2, 0.25) is 27.5 Å². The van der Waals surface area contributed by atoms with Crippen molar-refractivity contribution in [2.45, 2.75) is 17.7 Å². The van der Waals surface area contributed by atoms with Gasteiger partial charge < -0.3 is 14.1 Å². The summed E-state index contributed by atoms with van der Waals surface area (Å²) in [5, 5.41) is 9.37. The van der Waals surface area contributed by atoms with Crippen LogP contribution < -0.4 is 4.90 Å². The van der Waals surface area contributed by atoms with Crippen molar-refractivity contribution in [3.63, 3.8) is 0 Å². The summed E-state index contributed by atoms with van der Waals surface area (Å²) in [4.78, 5) is 6.47. The molecule has 142 valence electrons. The van der Waals surface area contributed by atoms with E-state index in [4.69, 9.17) is 9.15 Å². The molecular weight excluding hydrogens is 368 g/mol. The van der Waals surface area contributed by atoms with Crippen LogP contribution in [0.2, 0.25) is 0 Å². The Hall–Kier alpha value is -2.41. The number of ether oxygens (including phenoxy) is 1. The number of anilines is 1. The van der Waals surface area contributed by atoms with Gasteiger partial charge in [-0.2, -0.15) is 14.6 Å². The molecule has 27 heavy (non-hydrogen) atoms. The highest BCUT2D eigenvalue weighted by atomic mass is 32.2. The molecule has 2 fully saturated rings. The van der Waals surface area contributed by atoms with Crippen molar-refractivity contribution in [2.24, 2.45) is 0 Å². The lowest BCUT2D eigenvalue weighted by Crippen LogP contribution is -2.36. The first-order valence-corrected chi connectivity index (χ1v) is 10.4. The molecule has 2 aliphatic rings. The van der Waals surface area contributed by atoms with Crippen LogP contribution in [0.15, 0.2) is 33.6 Å². The summed E-state index contributed by atoms with van der Waals surface area (Å²) in [5.41, 5.74) is 0.854. The first-order chi connectivity index (χ1) is 13.1. The van der Waals surface area contributed by atoms with Crippen molar-refractivity contribution in [1.82, 2.24) is 9.29 Å². The van der Waals surface area contributed by atoms with E-state index in [0.717, 1.165) is 12.8 Å². The Morgan fingerprint density at radius 3 is 2.33 bits per heavy atom. The van der Waals surface area contributed by atoms with Crippen LogP contribution in [-0.4, -0.2) is 57.1 Å². The lowest BCUT2D eigenvalue weighted by molar-refractivity contribution is 0.121. The van der Waals surface area contributed by atoms with Gasteiger partial charge in [-0.05, 0) is 37.1 Å². The van der Waals surface area contributed by atoms with Crippen LogP contribution in [0.3, 0.4) is 0 Å². The molecule has 0 aliphatic carbocycles. The molecule has 0 bridgehead atoms. The smallest absolute Gasteiger partial charge is 0.243 e. The third kappa shape index (κ3) is 3.43. The van der Waals surface area contributed by atoms with E-state index in [1.54, 1.807) is 24.3 Å². The molecule has 0 saturated carbocycles. The van der Waals surface area contributed by atoms with Gasteiger partial charge in [-0.25, -0.2) is 8.42 Å². The lowest BCUT2D eigenvalue weighted by atomic mass is 10.2. The van der Waals surface area contributed by atoms with E-state index in [2.05, 4.69) is 11.1 Å². The van der Waals surface area contributed by atoms with Crippen LogP contribution in [0.1, 0.15) is 18.5 Å². The Kier molecular flexibility index (Phi) is 4.86. The average Bonchev–Trinajstić information content (AvgIpc) is 3.39. The third-order valence-electron chi connectivity index (χ3n) is 4.82. The Morgan fingerprint density at radius 2 is 1.70 bits per heavy atom. The number of hydrogen-bond donors (Lipinski definition) is 0. The van der Waals surface area contributed by atoms with Crippen LogP contribution in [-0.2, 0) is 14.8 Å². The number of nitriles is 1. The first-order valence-electron chi connectivity index (χ1n) is 8.94. The van der Waals surface area contributed by atoms with Crippen molar-refractivity contribution in [3.05, 3.63) is 30.0 Å². The summed E-state index contributed by atoms with van der Waals surface area (Å²) in [7, 11) is -3.45. The predicted octanol–water partition coefficient (Wildman–Crippen LogP) is 1.83. The fourth-order valence-electron chi connectivity index (χ4n) is 3.34. The van der Waals surface area contributed by atoms with Gasteiger partial charge in [-0.15, -0.1) is 0 Å². The first kappa shape index (κ1) is 18.0. The minimum absolute atomic E-state index is 0.223. The predicted molar refractivity (Wildman–Crippen MR) is 97.7 cm³/mol. The summed E-state index contributed by atoms with van der Waals surface area (Å²) in [6, 6.07) is 8.52. The van der Waals surface area contributed by atoms with Crippen molar-refractivity contribution in [2.75, 3.05) is 44.3 Å². The summed E-state index contributed by atoms with van der Waals surface area (Å²) in [6.45, 7) is 3.55. The van der Waals surface area contributed by atoms with E-state index in [0.29, 0.717) is 56.7 Å². The van der Waals surface area contributed by atoms with Gasteiger partial charge >= 0.3 is 0 Å². The van der Waals surface area contributed by atoms with E-state index in [1.165, 1.54) is 4.31 Å². The number of nitrogens with zero attached hydrogens (tertiary/aromatic N) is 4. The zero-order valence-corrected chi connectivity index (χ0v) is 15.6. The normalized spacial score (nSPS) is 18.6. The molecule has 2 aromatic rings. The van der Waals surface area contributed by atoms with Crippen molar-refractivity contribution in [1.29, 1.82) is 5.26 Å². The summed E-state index contributed by atoms with van der Waals surface area (Å²) in [5.74, 6) is 0.739. The molecule has 2 saturated heterocycles. The molecule has 4 rings (SSSR count). The fraction of sp³-hybridized carbons (Fsp3) is 0.444. The zero-order chi connectivity index (χ0) is 18.9. The van der Waals surface area contributed by atoms with Gasteiger partial charge in [0.1, 0.15) is 6.07 Å². The second kappa shape index (κ2) is 7.31. The van der Waals surface area contributed by atoms with E-state index in [9.17, 15) is 13.7 Å². The van der Waals surface area contributed by atoms with Crippen LogP contribution in [0.4, 0.5) is 5.88 Å². The van der Waals surface area contributed by atoms with E-state index >= 15 is 0 Å². The van der Waals surface area contributed by atoms with Crippen molar-refractivity contribution >= 4 is 15.9 Å². The Bertz CT molecular complexity index is 950. The van der Waals surface area contributed by atoms with E-state index in [1.807, 2.05) is 4.90 Å². The average molecular weight is 388 g/mol. The highest BCUT2D eigenvalue weighted by Gasteiger charge is 2.27. The summed E-state index contributed by atoms with van der Waals surface area (Å²) < 4.78 is 37.9. The van der Waals surface area contributed by atoms with Gasteiger partial charge in [-0.1, -0.05) is 0 Å². The monoisotopic (exact) mass is 388 g/mol. The quantitative estimate of drug-likeness (QED) is 0.788. The topological polar surface area (TPSA) is 99.7 Å². The number of benzene rings is 1. The molecule has 0 unspecified atom stereocenters. The molecule has 2 aliphatic heterocycles. The summed E-state index contributed by atoms with van der Waals surface area (Å²) >= 11 is 0. The summed E-state index contributed by atoms with van der Waals surface area (Å²) in [6.07, 6.45) is 1.80. The highest BCUT2D eigenvalue weighted by molar-refractivity contribution is 7.89. The Morgan fingerprint density at radius 1 is 1.04 bits per heavy atom. The molecule has 8 nitrogen and oxygen atoms in total. The van der Waals surface area contributed by atoms with Crippen LogP contribution in [0.25, 0.3) is 11.5 Å². The van der Waals surface area contributed by atoms with Gasteiger partial charge in [0.15, 0.2) is 0 Å². The maximum atomic E-state index is 12.6. The number of sulfonamides is 1. The standard InChI is InChI=1S/C18H20N4O4S/c19-13-16-18(21-9-11-25-12-10-21)26-17(20-16)14-3-5-15(6-4-14)27(23,24)22-7-1-2-8-22/h3-6H,1-2,7-12H2. The molecule has 1 aromatic heterocycles. The Labute approximate surface area is 158 Å². The molecule has 1 aromatic carbocycles. The zero-order valence-electron chi connectivity index (χ0n) is 14.8. The van der Waals surface area contributed by atoms with Gasteiger partial charge in [-0.3, -0.25) is 0 Å². The lowest BCUT2D eigenvalue weighted by Gasteiger charge is -2.25. The fourth-order valence-corrected chi connectivity index (χ4v) is 4.85. The van der Waals surface area contributed by atoms with Crippen molar-refractivity contribution < 1.29 is 17.6 Å². The second-order valence-electron chi connectivity index (χ2n) is 6.52. The maximum absolute atomic E-state index is 12.6. The highest BCUT2D eigenvalue weighted by Crippen LogP contribution is 2.30. The number of hydrogen-bond acceptors (Lipinski definition) is 7. The minimum atomic E-state index is -3.45. The maximum Gasteiger partial charge on any atom is 0.243 e. The Balaban J connectivity index is 1.61. The van der Waals surface area contributed by atoms with E-state index < -0.39 is 10.0 Å². The SMILES string of the molecule is N#Cc1nc(-c2ccc(S(=O)(=O)N3CCCC3)cc2)oc1N1CCOCC1. The molecule has 0 spiro atoms. The molecule has 0 atom stereocenters. The van der Waals surface area contributed by atoms with Crippen LogP contribution in [0, 0.1) is 11.3 Å². The van der Waals surface area contributed by atoms with Crippen LogP contribution in [0.5, 0.6) is 0 Å². The molecular formula is C18H20N4O4S. The largest absolute Gasteiger partial charge is 0.419 e. The number of aromatic nitrogens is 1. The van der Waals surface area contributed by atoms with Gasteiger partial charge in [0.05, 0.1) is 18.1 Å². The molecule has 0 radical (unpaired) electrons. The second-order valence-corrected chi connectivity index (χ2v) is 8.46. The van der Waals surface area contributed by atoms with Crippen LogP contribution >= 0.6 is 0 Å². The number of oxazole rings is 1. The molecule has 3 heterocycles. The van der Waals surface area contributed by atoms with E-state index in [-0.39, 0.29) is 10.6 Å².